The highest BCUT2D eigenvalue weighted by molar-refractivity contribution is 7.81. The van der Waals surface area contributed by atoms with Crippen LogP contribution in [0.5, 0.6) is 11.5 Å². The molecule has 0 saturated carbocycles. The Hall–Kier alpha value is -3.29. The molecule has 14 heteroatoms. The number of hydrogen-bond acceptors (Lipinski definition) is 6. The lowest BCUT2D eigenvalue weighted by Crippen LogP contribution is -2.14. The first-order valence-electron chi connectivity index (χ1n) is 7.77. The van der Waals surface area contributed by atoms with Crippen LogP contribution in [0.1, 0.15) is 11.3 Å². The quantitative estimate of drug-likeness (QED) is 0.418. The first-order valence-corrected chi connectivity index (χ1v) is 9.08. The maximum Gasteiger partial charge on any atom is 0.488 e. The summed E-state index contributed by atoms with van der Waals surface area (Å²) in [6.07, 6.45) is -4.43. The van der Waals surface area contributed by atoms with Gasteiger partial charge in [-0.05, 0) is 24.3 Å². The molecular weight excluding hydrogens is 444 g/mol. The molecule has 0 bridgehead atoms. The van der Waals surface area contributed by atoms with E-state index >= 15 is 0 Å². The fourth-order valence-corrected chi connectivity index (χ4v) is 2.67. The summed E-state index contributed by atoms with van der Waals surface area (Å²) in [6.45, 7) is -0.650. The van der Waals surface area contributed by atoms with Crippen LogP contribution in [-0.2, 0) is 23.3 Å². The third-order valence-corrected chi connectivity index (χ3v) is 4.00. The van der Waals surface area contributed by atoms with Crippen LogP contribution < -0.4 is 8.92 Å². The molecule has 0 saturated heterocycles. The van der Waals surface area contributed by atoms with Crippen molar-refractivity contribution < 1.29 is 43.2 Å². The van der Waals surface area contributed by atoms with Gasteiger partial charge in [0.05, 0.1) is 17.4 Å². The first-order chi connectivity index (χ1) is 13.9. The van der Waals surface area contributed by atoms with Crippen LogP contribution in [0.25, 0.3) is 5.69 Å². The third-order valence-electron chi connectivity index (χ3n) is 3.61. The molecular formula is C16H9F6N3O4S. The van der Waals surface area contributed by atoms with Gasteiger partial charge in [-0.25, -0.2) is 13.5 Å². The molecule has 0 amide bonds. The second kappa shape index (κ2) is 7.85. The van der Waals surface area contributed by atoms with Gasteiger partial charge in [0.1, 0.15) is 29.7 Å². The summed E-state index contributed by atoms with van der Waals surface area (Å²) >= 11 is 0. The molecule has 0 aliphatic rings. The maximum atomic E-state index is 14.3. The van der Waals surface area contributed by atoms with Gasteiger partial charge in [0, 0.05) is 12.1 Å². The normalized spacial score (nSPS) is 12.1. The van der Waals surface area contributed by atoms with Crippen LogP contribution in [0.2, 0.25) is 0 Å². The largest absolute Gasteiger partial charge is 0.489 e. The number of benzene rings is 2. The van der Waals surface area contributed by atoms with E-state index in [0.717, 1.165) is 24.3 Å². The van der Waals surface area contributed by atoms with Crippen molar-refractivity contribution in [1.29, 1.82) is 0 Å². The van der Waals surface area contributed by atoms with E-state index < -0.39 is 51.9 Å². The topological polar surface area (TPSA) is 83.3 Å². The van der Waals surface area contributed by atoms with Gasteiger partial charge in [-0.3, -0.25) is 0 Å². The molecule has 0 aliphatic carbocycles. The molecule has 1 heterocycles. The number of halogens is 6. The molecule has 160 valence electrons. The molecule has 3 aromatic rings. The second-order valence-electron chi connectivity index (χ2n) is 5.65. The molecule has 7 nitrogen and oxygen atoms in total. The minimum atomic E-state index is -5.21. The Balaban J connectivity index is 1.78. The molecule has 0 radical (unpaired) electrons. The summed E-state index contributed by atoms with van der Waals surface area (Å²) in [5.41, 5.74) is -2.44. The minimum Gasteiger partial charge on any atom is -0.489 e. The van der Waals surface area contributed by atoms with Crippen LogP contribution in [0.15, 0.2) is 42.6 Å². The minimum absolute atomic E-state index is 0.0251. The summed E-state index contributed by atoms with van der Waals surface area (Å²) < 4.78 is 110. The summed E-state index contributed by atoms with van der Waals surface area (Å²) in [5.74, 6) is -2.73. The average molecular weight is 453 g/mol. The number of nitrogens with zero attached hydrogens (tertiary/aromatic N) is 3. The van der Waals surface area contributed by atoms with Crippen molar-refractivity contribution in [2.45, 2.75) is 12.8 Å². The van der Waals surface area contributed by atoms with Gasteiger partial charge >= 0.3 is 16.7 Å². The molecule has 30 heavy (non-hydrogen) atoms. The standard InChI is InChI=1S/C16H9F6N3O4S/c17-13-5-9(25-15(7-23-24-25)16(19,20)21)6-14(18)12(13)8-28-10-1-3-11(4-2-10)29-30(22,26)27/h1-7H,8H2. The second-order valence-corrected chi connectivity index (χ2v) is 6.61. The molecule has 0 atom stereocenters. The monoisotopic (exact) mass is 453 g/mol. The SMILES string of the molecule is O=S(=O)(F)Oc1ccc(OCc2c(F)cc(-n3nncc3C(F)(F)F)cc2F)cc1. The molecule has 3 rings (SSSR count). The van der Waals surface area contributed by atoms with E-state index in [1.165, 1.54) is 0 Å². The highest BCUT2D eigenvalue weighted by Crippen LogP contribution is 2.31. The van der Waals surface area contributed by atoms with Crippen LogP contribution in [-0.4, -0.2) is 23.4 Å². The van der Waals surface area contributed by atoms with Crippen LogP contribution >= 0.6 is 0 Å². The van der Waals surface area contributed by atoms with Gasteiger partial charge in [0.2, 0.25) is 0 Å². The molecule has 0 spiro atoms. The summed E-state index contributed by atoms with van der Waals surface area (Å²) in [6, 6.07) is 5.63. The molecule has 1 aromatic heterocycles. The number of hydrogen-bond donors (Lipinski definition) is 0. The number of alkyl halides is 3. The van der Waals surface area contributed by atoms with E-state index in [9.17, 15) is 34.3 Å². The van der Waals surface area contributed by atoms with Crippen LogP contribution in [0.4, 0.5) is 25.8 Å². The predicted molar refractivity (Wildman–Crippen MR) is 87.7 cm³/mol. The lowest BCUT2D eigenvalue weighted by atomic mass is 10.2. The molecule has 2 aromatic carbocycles. The fourth-order valence-electron chi connectivity index (χ4n) is 2.33. The van der Waals surface area contributed by atoms with Crippen molar-refractivity contribution in [3.8, 4) is 17.2 Å². The van der Waals surface area contributed by atoms with E-state index in [4.69, 9.17) is 4.74 Å². The Labute approximate surface area is 164 Å². The van der Waals surface area contributed by atoms with E-state index in [2.05, 4.69) is 14.5 Å². The third kappa shape index (κ3) is 5.00. The van der Waals surface area contributed by atoms with E-state index in [-0.39, 0.29) is 16.2 Å². The average Bonchev–Trinajstić information content (AvgIpc) is 3.11. The smallest absolute Gasteiger partial charge is 0.488 e. The van der Waals surface area contributed by atoms with Gasteiger partial charge in [-0.15, -0.1) is 5.10 Å². The van der Waals surface area contributed by atoms with E-state index in [0.29, 0.717) is 18.3 Å². The Kier molecular flexibility index (Phi) is 5.61. The fraction of sp³-hybridized carbons (Fsp3) is 0.125. The van der Waals surface area contributed by atoms with E-state index in [1.54, 1.807) is 0 Å². The van der Waals surface area contributed by atoms with Crippen molar-refractivity contribution in [3.63, 3.8) is 0 Å². The van der Waals surface area contributed by atoms with Crippen molar-refractivity contribution in [1.82, 2.24) is 15.0 Å². The Bertz CT molecular complexity index is 1140. The van der Waals surface area contributed by atoms with Gasteiger partial charge in [-0.2, -0.15) is 21.6 Å². The Morgan fingerprint density at radius 1 is 1.00 bits per heavy atom. The number of rotatable bonds is 6. The van der Waals surface area contributed by atoms with Crippen molar-refractivity contribution in [2.75, 3.05) is 0 Å². The highest BCUT2D eigenvalue weighted by atomic mass is 32.3. The summed E-state index contributed by atoms with van der Waals surface area (Å²) in [7, 11) is -5.21. The lowest BCUT2D eigenvalue weighted by Gasteiger charge is -2.12. The van der Waals surface area contributed by atoms with Crippen LogP contribution in [0, 0.1) is 11.6 Å². The maximum absolute atomic E-state index is 14.3. The highest BCUT2D eigenvalue weighted by Gasteiger charge is 2.36. The molecule has 0 fully saturated rings. The number of ether oxygens (including phenoxy) is 1. The van der Waals surface area contributed by atoms with Crippen LogP contribution in [0.3, 0.4) is 0 Å². The molecule has 0 unspecified atom stereocenters. The Morgan fingerprint density at radius 2 is 1.57 bits per heavy atom. The van der Waals surface area contributed by atoms with Gasteiger partial charge in [0.25, 0.3) is 0 Å². The van der Waals surface area contributed by atoms with Gasteiger partial charge < -0.3 is 8.92 Å². The number of aromatic nitrogens is 3. The van der Waals surface area contributed by atoms with Gasteiger partial charge in [0.15, 0.2) is 5.69 Å². The van der Waals surface area contributed by atoms with Crippen molar-refractivity contribution in [2.24, 2.45) is 0 Å². The molecule has 0 N–H and O–H groups in total. The predicted octanol–water partition coefficient (Wildman–Crippen LogP) is 3.74. The lowest BCUT2D eigenvalue weighted by molar-refractivity contribution is -0.142. The zero-order valence-corrected chi connectivity index (χ0v) is 15.2. The summed E-state index contributed by atoms with van der Waals surface area (Å²) in [4.78, 5) is 0. The van der Waals surface area contributed by atoms with Crippen molar-refractivity contribution >= 4 is 10.5 Å². The van der Waals surface area contributed by atoms with Crippen molar-refractivity contribution in [3.05, 3.63) is 65.5 Å². The zero-order valence-electron chi connectivity index (χ0n) is 14.4. The van der Waals surface area contributed by atoms with E-state index in [1.807, 2.05) is 0 Å². The summed E-state index contributed by atoms with van der Waals surface area (Å²) in [5, 5.41) is 6.30. The zero-order chi connectivity index (χ0) is 22.1. The first kappa shape index (κ1) is 21.4. The van der Waals surface area contributed by atoms with Gasteiger partial charge in [-0.1, -0.05) is 9.10 Å². The molecule has 0 aliphatic heterocycles. The Morgan fingerprint density at radius 3 is 2.10 bits per heavy atom.